The van der Waals surface area contributed by atoms with Crippen molar-refractivity contribution in [3.63, 3.8) is 0 Å². The normalized spacial score (nSPS) is 13.4. The van der Waals surface area contributed by atoms with Crippen LogP contribution >= 0.6 is 0 Å². The van der Waals surface area contributed by atoms with Crippen molar-refractivity contribution in [2.45, 2.75) is 33.2 Å². The van der Waals surface area contributed by atoms with E-state index in [-0.39, 0.29) is 0 Å². The molecule has 0 aliphatic heterocycles. The van der Waals surface area contributed by atoms with Gasteiger partial charge in [-0.3, -0.25) is 4.68 Å². The van der Waals surface area contributed by atoms with E-state index in [1.807, 2.05) is 13.2 Å². The summed E-state index contributed by atoms with van der Waals surface area (Å²) in [6.45, 7) is 7.57. The van der Waals surface area contributed by atoms with Crippen LogP contribution in [0.25, 0.3) is 11.0 Å². The van der Waals surface area contributed by atoms with Crippen molar-refractivity contribution in [3.8, 4) is 0 Å². The molecule has 0 fully saturated rings. The molecule has 0 aliphatic carbocycles. The van der Waals surface area contributed by atoms with Gasteiger partial charge in [0.2, 0.25) is 0 Å². The monoisotopic (exact) mass is 247 g/mol. The standard InChI is InChI=1S/C13H21N5/c1-5-14-11(9(2)3)6-12-10-7-17-18(4)13(10)16-8-15-12/h7-9,11,14H,5-6H2,1-4H3. The third-order valence-corrected chi connectivity index (χ3v) is 3.30. The maximum atomic E-state index is 4.42. The molecule has 1 unspecified atom stereocenters. The highest BCUT2D eigenvalue weighted by molar-refractivity contribution is 5.76. The van der Waals surface area contributed by atoms with E-state index in [4.69, 9.17) is 0 Å². The molecule has 2 aromatic heterocycles. The van der Waals surface area contributed by atoms with Crippen LogP contribution < -0.4 is 5.32 Å². The maximum absolute atomic E-state index is 4.42. The molecule has 1 N–H and O–H groups in total. The lowest BCUT2D eigenvalue weighted by Crippen LogP contribution is -2.35. The van der Waals surface area contributed by atoms with Crippen LogP contribution in [0.15, 0.2) is 12.5 Å². The zero-order valence-corrected chi connectivity index (χ0v) is 11.5. The van der Waals surface area contributed by atoms with Crippen LogP contribution in [0.1, 0.15) is 26.5 Å². The van der Waals surface area contributed by atoms with Gasteiger partial charge < -0.3 is 5.32 Å². The maximum Gasteiger partial charge on any atom is 0.161 e. The first-order valence-corrected chi connectivity index (χ1v) is 6.48. The van der Waals surface area contributed by atoms with Crippen LogP contribution in [0.3, 0.4) is 0 Å². The van der Waals surface area contributed by atoms with Crippen molar-refractivity contribution in [2.24, 2.45) is 13.0 Å². The molecule has 0 saturated carbocycles. The predicted octanol–water partition coefficient (Wildman–Crippen LogP) is 1.54. The minimum Gasteiger partial charge on any atom is -0.314 e. The smallest absolute Gasteiger partial charge is 0.161 e. The Hall–Kier alpha value is -1.49. The Morgan fingerprint density at radius 3 is 2.78 bits per heavy atom. The van der Waals surface area contributed by atoms with E-state index in [0.717, 1.165) is 29.7 Å². The van der Waals surface area contributed by atoms with Crippen molar-refractivity contribution in [2.75, 3.05) is 6.54 Å². The zero-order valence-electron chi connectivity index (χ0n) is 11.5. The van der Waals surface area contributed by atoms with E-state index in [9.17, 15) is 0 Å². The molecule has 0 saturated heterocycles. The highest BCUT2D eigenvalue weighted by atomic mass is 15.3. The summed E-state index contributed by atoms with van der Waals surface area (Å²) < 4.78 is 1.79. The second-order valence-electron chi connectivity index (χ2n) is 4.94. The summed E-state index contributed by atoms with van der Waals surface area (Å²) in [5.41, 5.74) is 1.98. The Morgan fingerprint density at radius 1 is 1.33 bits per heavy atom. The molecule has 0 aromatic carbocycles. The third-order valence-electron chi connectivity index (χ3n) is 3.30. The van der Waals surface area contributed by atoms with Gasteiger partial charge in [0.15, 0.2) is 5.65 Å². The molecule has 5 heteroatoms. The van der Waals surface area contributed by atoms with Gasteiger partial charge in [0.1, 0.15) is 6.33 Å². The van der Waals surface area contributed by atoms with Gasteiger partial charge in [0, 0.05) is 19.5 Å². The number of aryl methyl sites for hydroxylation is 1. The molecule has 0 amide bonds. The molecule has 0 aliphatic rings. The van der Waals surface area contributed by atoms with Crippen LogP contribution in [-0.4, -0.2) is 32.3 Å². The van der Waals surface area contributed by atoms with Gasteiger partial charge in [-0.05, 0) is 12.5 Å². The zero-order chi connectivity index (χ0) is 13.1. The topological polar surface area (TPSA) is 55.6 Å². The van der Waals surface area contributed by atoms with Crippen LogP contribution in [0.2, 0.25) is 0 Å². The lowest BCUT2D eigenvalue weighted by Gasteiger charge is -2.21. The van der Waals surface area contributed by atoms with E-state index in [1.165, 1.54) is 0 Å². The number of fused-ring (bicyclic) bond motifs is 1. The largest absolute Gasteiger partial charge is 0.314 e. The first kappa shape index (κ1) is 13.0. The van der Waals surface area contributed by atoms with Gasteiger partial charge in [0.25, 0.3) is 0 Å². The fourth-order valence-corrected chi connectivity index (χ4v) is 2.19. The predicted molar refractivity (Wildman–Crippen MR) is 72.3 cm³/mol. The Bertz CT molecular complexity index is 517. The number of nitrogens with one attached hydrogen (secondary N) is 1. The Balaban J connectivity index is 2.30. The lowest BCUT2D eigenvalue weighted by molar-refractivity contribution is 0.403. The van der Waals surface area contributed by atoms with Crippen molar-refractivity contribution in [3.05, 3.63) is 18.2 Å². The summed E-state index contributed by atoms with van der Waals surface area (Å²) in [4.78, 5) is 8.69. The van der Waals surface area contributed by atoms with Gasteiger partial charge in [-0.2, -0.15) is 5.10 Å². The number of likely N-dealkylation sites (N-methyl/N-ethyl adjacent to an activating group) is 1. The second-order valence-corrected chi connectivity index (χ2v) is 4.94. The number of hydrogen-bond donors (Lipinski definition) is 1. The second kappa shape index (κ2) is 5.44. The summed E-state index contributed by atoms with van der Waals surface area (Å²) in [5, 5.41) is 8.82. The molecule has 98 valence electrons. The fraction of sp³-hybridized carbons (Fsp3) is 0.615. The van der Waals surface area contributed by atoms with Gasteiger partial charge >= 0.3 is 0 Å². The van der Waals surface area contributed by atoms with Crippen LogP contribution in [-0.2, 0) is 13.5 Å². The average Bonchev–Trinajstić information content (AvgIpc) is 2.72. The average molecular weight is 247 g/mol. The summed E-state index contributed by atoms with van der Waals surface area (Å²) in [7, 11) is 1.91. The summed E-state index contributed by atoms with van der Waals surface area (Å²) in [6.07, 6.45) is 4.40. The molecule has 0 radical (unpaired) electrons. The van der Waals surface area contributed by atoms with Gasteiger partial charge in [-0.15, -0.1) is 0 Å². The quantitative estimate of drug-likeness (QED) is 0.870. The summed E-state index contributed by atoms with van der Waals surface area (Å²) >= 11 is 0. The van der Waals surface area contributed by atoms with Crippen molar-refractivity contribution in [1.29, 1.82) is 0 Å². The Labute approximate surface area is 108 Å². The Kier molecular flexibility index (Phi) is 3.91. The van der Waals surface area contributed by atoms with Crippen LogP contribution in [0.5, 0.6) is 0 Å². The highest BCUT2D eigenvalue weighted by Crippen LogP contribution is 2.17. The molecule has 18 heavy (non-hydrogen) atoms. The van der Waals surface area contributed by atoms with Gasteiger partial charge in [-0.25, -0.2) is 9.97 Å². The molecule has 5 nitrogen and oxygen atoms in total. The van der Waals surface area contributed by atoms with E-state index in [1.54, 1.807) is 11.0 Å². The molecular weight excluding hydrogens is 226 g/mol. The van der Waals surface area contributed by atoms with Gasteiger partial charge in [-0.1, -0.05) is 20.8 Å². The van der Waals surface area contributed by atoms with E-state index in [0.29, 0.717) is 12.0 Å². The molecule has 0 spiro atoms. The summed E-state index contributed by atoms with van der Waals surface area (Å²) in [5.74, 6) is 0.576. The highest BCUT2D eigenvalue weighted by Gasteiger charge is 2.16. The van der Waals surface area contributed by atoms with E-state index >= 15 is 0 Å². The Morgan fingerprint density at radius 2 is 2.11 bits per heavy atom. The fourth-order valence-electron chi connectivity index (χ4n) is 2.19. The molecule has 0 bridgehead atoms. The number of nitrogens with zero attached hydrogens (tertiary/aromatic N) is 4. The van der Waals surface area contributed by atoms with Gasteiger partial charge in [0.05, 0.1) is 17.3 Å². The van der Waals surface area contributed by atoms with Crippen LogP contribution in [0, 0.1) is 5.92 Å². The summed E-state index contributed by atoms with van der Waals surface area (Å²) in [6, 6.07) is 0.438. The van der Waals surface area contributed by atoms with Crippen LogP contribution in [0.4, 0.5) is 0 Å². The third kappa shape index (κ3) is 2.51. The SMILES string of the molecule is CCNC(Cc1ncnc2c1cnn2C)C(C)C. The van der Waals surface area contributed by atoms with E-state index < -0.39 is 0 Å². The molecule has 2 aromatic rings. The first-order chi connectivity index (χ1) is 8.63. The molecule has 2 heterocycles. The first-order valence-electron chi connectivity index (χ1n) is 6.48. The van der Waals surface area contributed by atoms with Crippen molar-refractivity contribution < 1.29 is 0 Å². The van der Waals surface area contributed by atoms with Crippen molar-refractivity contribution in [1.82, 2.24) is 25.1 Å². The number of hydrogen-bond acceptors (Lipinski definition) is 4. The lowest BCUT2D eigenvalue weighted by atomic mass is 9.98. The minimum absolute atomic E-state index is 0.438. The molecule has 2 rings (SSSR count). The molecular formula is C13H21N5. The molecule has 1 atom stereocenters. The van der Waals surface area contributed by atoms with E-state index in [2.05, 4.69) is 41.2 Å². The number of rotatable bonds is 5. The number of aromatic nitrogens is 4. The van der Waals surface area contributed by atoms with Crippen molar-refractivity contribution >= 4 is 11.0 Å². The minimum atomic E-state index is 0.438.